The highest BCUT2D eigenvalue weighted by molar-refractivity contribution is 7.99. The van der Waals surface area contributed by atoms with Crippen LogP contribution in [0.25, 0.3) is 4.91 Å². The predicted molar refractivity (Wildman–Crippen MR) is 134 cm³/mol. The molecule has 1 aliphatic heterocycles. The number of rotatable bonds is 7. The zero-order chi connectivity index (χ0) is 25.2. The Bertz CT molecular complexity index is 1390. The molecule has 1 N–H and O–H groups in total. The van der Waals surface area contributed by atoms with Gasteiger partial charge in [-0.25, -0.2) is 12.7 Å². The first-order chi connectivity index (χ1) is 16.7. The highest BCUT2D eigenvalue weighted by Gasteiger charge is 2.42. The fraction of sp³-hybridized carbons (Fsp3) is 0.185. The van der Waals surface area contributed by atoms with E-state index in [2.05, 4.69) is 5.32 Å². The number of carbonyl (C=O) groups excluding carboxylic acids is 2. The van der Waals surface area contributed by atoms with E-state index in [9.17, 15) is 18.0 Å². The van der Waals surface area contributed by atoms with Crippen molar-refractivity contribution >= 4 is 26.7 Å². The topological polar surface area (TPSA) is 92.8 Å². The molecule has 8 heteroatoms. The Morgan fingerprint density at radius 2 is 1.49 bits per heavy atom. The maximum atomic E-state index is 13.2. The van der Waals surface area contributed by atoms with E-state index in [0.717, 1.165) is 21.2 Å². The van der Waals surface area contributed by atoms with Gasteiger partial charge in [0.25, 0.3) is 21.8 Å². The van der Waals surface area contributed by atoms with Gasteiger partial charge in [-0.1, -0.05) is 54.1 Å². The molecule has 35 heavy (non-hydrogen) atoms. The third-order valence-electron chi connectivity index (χ3n) is 5.90. The predicted octanol–water partition coefficient (Wildman–Crippen LogP) is 4.04. The molecule has 1 aliphatic rings. The summed E-state index contributed by atoms with van der Waals surface area (Å²) in [5.41, 5.74) is 3.66. The molecule has 0 atom stereocenters. The van der Waals surface area contributed by atoms with Crippen LogP contribution in [-0.4, -0.2) is 31.6 Å². The number of nitrogens with one attached hydrogen (secondary N) is 1. The monoisotopic (exact) mass is 490 g/mol. The summed E-state index contributed by atoms with van der Waals surface area (Å²) in [5.74, 6) is -0.0520. The lowest BCUT2D eigenvalue weighted by Gasteiger charge is -2.17. The van der Waals surface area contributed by atoms with Crippen LogP contribution in [0.3, 0.4) is 0 Å². The van der Waals surface area contributed by atoms with Crippen molar-refractivity contribution in [1.29, 1.82) is 0 Å². The first-order valence-electron chi connectivity index (χ1n) is 11.1. The molecule has 0 radical (unpaired) electrons. The fourth-order valence-electron chi connectivity index (χ4n) is 3.88. The Labute approximate surface area is 205 Å². The lowest BCUT2D eigenvalue weighted by molar-refractivity contribution is -0.122. The summed E-state index contributed by atoms with van der Waals surface area (Å²) in [6.07, 6.45) is 0. The van der Waals surface area contributed by atoms with E-state index in [1.165, 1.54) is 6.92 Å². The normalized spacial score (nSPS) is 14.8. The second-order valence-corrected chi connectivity index (χ2v) is 10.2. The summed E-state index contributed by atoms with van der Waals surface area (Å²) in [4.78, 5) is 25.4. The third-order valence-corrected chi connectivity index (χ3v) is 7.84. The summed E-state index contributed by atoms with van der Waals surface area (Å²) in [5, 5.41) is 2.85. The molecular weight excluding hydrogens is 464 g/mol. The van der Waals surface area contributed by atoms with Crippen molar-refractivity contribution in [3.8, 4) is 5.75 Å². The zero-order valence-corrected chi connectivity index (χ0v) is 20.6. The molecule has 3 aromatic carbocycles. The maximum absolute atomic E-state index is 13.2. The molecule has 3 aromatic rings. The second kappa shape index (κ2) is 9.76. The lowest BCUT2D eigenvalue weighted by atomic mass is 10.1. The second-order valence-electron chi connectivity index (χ2n) is 8.36. The van der Waals surface area contributed by atoms with E-state index < -0.39 is 15.9 Å². The molecule has 4 rings (SSSR count). The van der Waals surface area contributed by atoms with Crippen LogP contribution < -0.4 is 10.1 Å². The summed E-state index contributed by atoms with van der Waals surface area (Å²) in [6.45, 7) is 3.69. The number of benzene rings is 3. The Morgan fingerprint density at radius 1 is 0.886 bits per heavy atom. The molecule has 0 fully saturated rings. The third kappa shape index (κ3) is 4.97. The number of ether oxygens (including phenoxy) is 1. The van der Waals surface area contributed by atoms with Gasteiger partial charge < -0.3 is 10.1 Å². The lowest BCUT2D eigenvalue weighted by Crippen LogP contribution is -2.31. The molecule has 0 aromatic heterocycles. The van der Waals surface area contributed by atoms with Crippen LogP contribution in [0.5, 0.6) is 5.75 Å². The average Bonchev–Trinajstić information content (AvgIpc) is 3.03. The van der Waals surface area contributed by atoms with Crippen LogP contribution in [0.1, 0.15) is 39.5 Å². The van der Waals surface area contributed by atoms with Crippen molar-refractivity contribution in [3.63, 3.8) is 0 Å². The van der Waals surface area contributed by atoms with Crippen molar-refractivity contribution < 1.29 is 22.7 Å². The van der Waals surface area contributed by atoms with Crippen LogP contribution in [0.2, 0.25) is 0 Å². The molecule has 0 spiro atoms. The molecule has 0 aliphatic carbocycles. The molecule has 0 saturated carbocycles. The molecule has 0 saturated heterocycles. The van der Waals surface area contributed by atoms with Gasteiger partial charge in [0.1, 0.15) is 10.7 Å². The fourth-order valence-corrected chi connectivity index (χ4v) is 5.68. The minimum atomic E-state index is -3.99. The van der Waals surface area contributed by atoms with Crippen LogP contribution in [0, 0.1) is 6.92 Å². The highest BCUT2D eigenvalue weighted by atomic mass is 32.2. The number of sulfonamides is 1. The number of hydrogen-bond donors (Lipinski definition) is 1. The number of amides is 2. The summed E-state index contributed by atoms with van der Waals surface area (Å²) in [6, 6.07) is 21.0. The average molecular weight is 491 g/mol. The minimum absolute atomic E-state index is 0.0389. The Balaban J connectivity index is 1.44. The largest absolute Gasteiger partial charge is 0.497 e. The van der Waals surface area contributed by atoms with E-state index in [4.69, 9.17) is 4.74 Å². The van der Waals surface area contributed by atoms with Gasteiger partial charge in [-0.15, -0.1) is 0 Å². The van der Waals surface area contributed by atoms with Crippen LogP contribution in [0.15, 0.2) is 78.4 Å². The molecule has 2 amide bonds. The van der Waals surface area contributed by atoms with Crippen molar-refractivity contribution in [2.24, 2.45) is 0 Å². The molecule has 7 nitrogen and oxygen atoms in total. The number of hydrogen-bond acceptors (Lipinski definition) is 5. The van der Waals surface area contributed by atoms with Crippen LogP contribution >= 0.6 is 0 Å². The van der Waals surface area contributed by atoms with Gasteiger partial charge in [0.2, 0.25) is 0 Å². The Morgan fingerprint density at radius 3 is 2.09 bits per heavy atom. The van der Waals surface area contributed by atoms with Crippen molar-refractivity contribution in [2.45, 2.75) is 26.9 Å². The highest BCUT2D eigenvalue weighted by Crippen LogP contribution is 2.36. The summed E-state index contributed by atoms with van der Waals surface area (Å²) >= 11 is 0. The van der Waals surface area contributed by atoms with Gasteiger partial charge in [-0.2, -0.15) is 0 Å². The van der Waals surface area contributed by atoms with E-state index >= 15 is 0 Å². The molecular formula is C27H26N2O5S. The van der Waals surface area contributed by atoms with E-state index in [-0.39, 0.29) is 22.9 Å². The molecule has 180 valence electrons. The van der Waals surface area contributed by atoms with Gasteiger partial charge in [-0.3, -0.25) is 9.59 Å². The quantitative estimate of drug-likeness (QED) is 0.540. The first-order valence-corrected chi connectivity index (χ1v) is 12.5. The number of aryl methyl sites for hydroxylation is 1. The first kappa shape index (κ1) is 24.2. The minimum Gasteiger partial charge on any atom is -0.497 e. The zero-order valence-electron chi connectivity index (χ0n) is 19.7. The van der Waals surface area contributed by atoms with Gasteiger partial charge in [0.05, 0.1) is 13.7 Å². The number of methoxy groups -OCH3 is 1. The van der Waals surface area contributed by atoms with Gasteiger partial charge in [0.15, 0.2) is 0 Å². The molecule has 0 unspecified atom stereocenters. The van der Waals surface area contributed by atoms with Crippen molar-refractivity contribution in [1.82, 2.24) is 9.62 Å². The molecule has 0 bridgehead atoms. The van der Waals surface area contributed by atoms with Crippen LogP contribution in [0.4, 0.5) is 0 Å². The SMILES string of the molecule is COc1ccc(CNC(=O)c2ccc(CN3C(=O)C(C)=C(c4ccc(C)cc4)S3(=O)=O)cc2)cc1. The van der Waals surface area contributed by atoms with E-state index in [0.29, 0.717) is 23.2 Å². The smallest absolute Gasteiger partial charge is 0.268 e. The summed E-state index contributed by atoms with van der Waals surface area (Å²) < 4.78 is 32.4. The number of nitrogens with zero attached hydrogens (tertiary/aromatic N) is 1. The summed E-state index contributed by atoms with van der Waals surface area (Å²) in [7, 11) is -2.39. The van der Waals surface area contributed by atoms with Gasteiger partial charge in [0, 0.05) is 17.7 Å². The van der Waals surface area contributed by atoms with Crippen LogP contribution in [-0.2, 0) is 27.9 Å². The molecule has 1 heterocycles. The Kier molecular flexibility index (Phi) is 6.75. The van der Waals surface area contributed by atoms with Gasteiger partial charge >= 0.3 is 0 Å². The number of carbonyl (C=O) groups is 2. The Hall–Kier alpha value is -3.91. The van der Waals surface area contributed by atoms with Crippen molar-refractivity contribution in [3.05, 3.63) is 106 Å². The maximum Gasteiger partial charge on any atom is 0.268 e. The standard InChI is InChI=1S/C27H26N2O5S/c1-18-4-10-22(11-5-18)25-19(2)27(31)29(35(25,32)33)17-21-6-12-23(13-7-21)26(30)28-16-20-8-14-24(34-3)15-9-20/h4-15H,16-17H2,1-3H3,(H,28,30). The van der Waals surface area contributed by atoms with Crippen molar-refractivity contribution in [2.75, 3.05) is 7.11 Å². The van der Waals surface area contributed by atoms with Gasteiger partial charge in [-0.05, 0) is 54.8 Å². The van der Waals surface area contributed by atoms with E-state index in [1.807, 2.05) is 43.3 Å². The van der Waals surface area contributed by atoms with E-state index in [1.54, 1.807) is 43.5 Å².